The maximum absolute atomic E-state index is 12.3. The monoisotopic (exact) mass is 291 g/mol. The second-order valence-electron chi connectivity index (χ2n) is 5.70. The molecule has 114 valence electrons. The zero-order valence-corrected chi connectivity index (χ0v) is 12.2. The van der Waals surface area contributed by atoms with Gasteiger partial charge in [-0.15, -0.1) is 0 Å². The molecule has 1 fully saturated rings. The van der Waals surface area contributed by atoms with E-state index in [1.807, 2.05) is 4.90 Å². The van der Waals surface area contributed by atoms with E-state index in [1.165, 1.54) is 12.1 Å². The van der Waals surface area contributed by atoms with Crippen LogP contribution in [-0.2, 0) is 11.2 Å². The fourth-order valence-corrected chi connectivity index (χ4v) is 2.70. The van der Waals surface area contributed by atoms with Gasteiger partial charge in [0.25, 0.3) is 5.69 Å². The van der Waals surface area contributed by atoms with Crippen LogP contribution in [0, 0.1) is 22.0 Å². The van der Waals surface area contributed by atoms with Gasteiger partial charge in [-0.1, -0.05) is 19.1 Å². The number of hydrogen-bond acceptors (Lipinski definition) is 4. The lowest BCUT2D eigenvalue weighted by Crippen LogP contribution is -2.46. The summed E-state index contributed by atoms with van der Waals surface area (Å²) in [4.78, 5) is 24.3. The third kappa shape index (κ3) is 3.78. The number of amides is 1. The number of carbonyl (C=O) groups is 1. The van der Waals surface area contributed by atoms with Gasteiger partial charge in [0, 0.05) is 25.2 Å². The predicted molar refractivity (Wildman–Crippen MR) is 79.7 cm³/mol. The van der Waals surface area contributed by atoms with E-state index < -0.39 is 4.92 Å². The Balaban J connectivity index is 1.96. The van der Waals surface area contributed by atoms with Gasteiger partial charge >= 0.3 is 0 Å². The molecule has 1 amide bonds. The molecule has 21 heavy (non-hydrogen) atoms. The van der Waals surface area contributed by atoms with Crippen LogP contribution in [0.4, 0.5) is 5.69 Å². The highest BCUT2D eigenvalue weighted by Gasteiger charge is 2.27. The van der Waals surface area contributed by atoms with Gasteiger partial charge in [-0.2, -0.15) is 0 Å². The first-order valence-electron chi connectivity index (χ1n) is 7.22. The van der Waals surface area contributed by atoms with Crippen molar-refractivity contribution in [1.29, 1.82) is 0 Å². The van der Waals surface area contributed by atoms with Gasteiger partial charge in [0.15, 0.2) is 0 Å². The number of nitro benzene ring substituents is 1. The number of nitro groups is 1. The quantitative estimate of drug-likeness (QED) is 0.673. The van der Waals surface area contributed by atoms with Crippen molar-refractivity contribution in [1.82, 2.24) is 4.90 Å². The highest BCUT2D eigenvalue weighted by atomic mass is 16.6. The number of nitrogens with two attached hydrogens (primary N) is 1. The van der Waals surface area contributed by atoms with E-state index in [2.05, 4.69) is 6.92 Å². The molecule has 2 atom stereocenters. The molecule has 1 aliphatic heterocycles. The molecule has 1 saturated heterocycles. The molecule has 1 aromatic carbocycles. The third-order valence-electron chi connectivity index (χ3n) is 4.27. The van der Waals surface area contributed by atoms with E-state index in [1.54, 1.807) is 12.1 Å². The first kappa shape index (κ1) is 15.4. The van der Waals surface area contributed by atoms with Crippen molar-refractivity contribution < 1.29 is 9.72 Å². The number of likely N-dealkylation sites (tertiary alicyclic amines) is 1. The minimum Gasteiger partial charge on any atom is -0.342 e. The Labute approximate surface area is 124 Å². The molecule has 0 radical (unpaired) electrons. The number of carbonyl (C=O) groups excluding carboxylic acids is 1. The Bertz CT molecular complexity index is 515. The second kappa shape index (κ2) is 6.67. The Hall–Kier alpha value is -1.95. The third-order valence-corrected chi connectivity index (χ3v) is 4.27. The number of nitrogens with zero attached hydrogens (tertiary/aromatic N) is 2. The molecule has 1 aromatic rings. The van der Waals surface area contributed by atoms with Crippen molar-refractivity contribution in [3.63, 3.8) is 0 Å². The standard InChI is InChI=1S/C15H21N3O3/c1-11-6-7-17(10-13(11)9-16)15(19)8-12-2-4-14(5-3-12)18(20)21/h2-5,11,13H,6-10,16H2,1H3. The van der Waals surface area contributed by atoms with Crippen molar-refractivity contribution >= 4 is 11.6 Å². The van der Waals surface area contributed by atoms with Crippen LogP contribution in [0.5, 0.6) is 0 Å². The Morgan fingerprint density at radius 2 is 2.10 bits per heavy atom. The van der Waals surface area contributed by atoms with Crippen LogP contribution in [0.25, 0.3) is 0 Å². The molecule has 2 N–H and O–H groups in total. The number of hydrogen-bond donors (Lipinski definition) is 1. The van der Waals surface area contributed by atoms with Crippen molar-refractivity contribution in [3.8, 4) is 0 Å². The summed E-state index contributed by atoms with van der Waals surface area (Å²) in [5.41, 5.74) is 6.59. The van der Waals surface area contributed by atoms with E-state index in [0.29, 0.717) is 24.9 Å². The Morgan fingerprint density at radius 1 is 1.43 bits per heavy atom. The summed E-state index contributed by atoms with van der Waals surface area (Å²) in [6, 6.07) is 6.15. The SMILES string of the molecule is CC1CCN(C(=O)Cc2ccc([N+](=O)[O-])cc2)CC1CN. The van der Waals surface area contributed by atoms with Crippen LogP contribution in [-0.4, -0.2) is 35.4 Å². The van der Waals surface area contributed by atoms with E-state index in [-0.39, 0.29) is 18.0 Å². The number of rotatable bonds is 4. The lowest BCUT2D eigenvalue weighted by atomic mass is 9.87. The van der Waals surface area contributed by atoms with Crippen molar-refractivity contribution in [2.45, 2.75) is 19.8 Å². The van der Waals surface area contributed by atoms with Gasteiger partial charge in [-0.25, -0.2) is 0 Å². The van der Waals surface area contributed by atoms with Gasteiger partial charge < -0.3 is 10.6 Å². The fourth-order valence-electron chi connectivity index (χ4n) is 2.70. The highest BCUT2D eigenvalue weighted by molar-refractivity contribution is 5.79. The zero-order valence-electron chi connectivity index (χ0n) is 12.2. The van der Waals surface area contributed by atoms with Crippen LogP contribution in [0.1, 0.15) is 18.9 Å². The van der Waals surface area contributed by atoms with E-state index >= 15 is 0 Å². The summed E-state index contributed by atoms with van der Waals surface area (Å²) in [5.74, 6) is 0.979. The zero-order chi connectivity index (χ0) is 15.4. The molecule has 0 aliphatic carbocycles. The first-order chi connectivity index (χ1) is 10.0. The number of piperidine rings is 1. The summed E-state index contributed by atoms with van der Waals surface area (Å²) in [7, 11) is 0. The molecule has 2 rings (SSSR count). The minimum absolute atomic E-state index is 0.0428. The summed E-state index contributed by atoms with van der Waals surface area (Å²) < 4.78 is 0. The molecule has 6 heteroatoms. The average molecular weight is 291 g/mol. The summed E-state index contributed by atoms with van der Waals surface area (Å²) in [6.07, 6.45) is 1.26. The molecule has 0 bridgehead atoms. The molecule has 2 unspecified atom stereocenters. The summed E-state index contributed by atoms with van der Waals surface area (Å²) in [6.45, 7) is 4.26. The number of non-ortho nitro benzene ring substituents is 1. The molecule has 1 aliphatic rings. The highest BCUT2D eigenvalue weighted by Crippen LogP contribution is 2.23. The normalized spacial score (nSPS) is 22.1. The Morgan fingerprint density at radius 3 is 2.67 bits per heavy atom. The summed E-state index contributed by atoms with van der Waals surface area (Å²) >= 11 is 0. The molecule has 0 saturated carbocycles. The maximum Gasteiger partial charge on any atom is 0.269 e. The molecular formula is C15H21N3O3. The van der Waals surface area contributed by atoms with Crippen LogP contribution >= 0.6 is 0 Å². The van der Waals surface area contributed by atoms with Gasteiger partial charge in [0.2, 0.25) is 5.91 Å². The lowest BCUT2D eigenvalue weighted by Gasteiger charge is -2.36. The predicted octanol–water partition coefficient (Wildman–Crippen LogP) is 1.58. The van der Waals surface area contributed by atoms with Crippen molar-refractivity contribution in [2.24, 2.45) is 17.6 Å². The van der Waals surface area contributed by atoms with Gasteiger partial charge in [-0.05, 0) is 30.4 Å². The average Bonchev–Trinajstić information content (AvgIpc) is 2.48. The molecule has 6 nitrogen and oxygen atoms in total. The topological polar surface area (TPSA) is 89.5 Å². The smallest absolute Gasteiger partial charge is 0.269 e. The van der Waals surface area contributed by atoms with Crippen LogP contribution < -0.4 is 5.73 Å². The van der Waals surface area contributed by atoms with E-state index in [9.17, 15) is 14.9 Å². The lowest BCUT2D eigenvalue weighted by molar-refractivity contribution is -0.384. The van der Waals surface area contributed by atoms with Crippen molar-refractivity contribution in [3.05, 3.63) is 39.9 Å². The Kier molecular flexibility index (Phi) is 4.90. The van der Waals surface area contributed by atoms with Crippen LogP contribution in [0.15, 0.2) is 24.3 Å². The van der Waals surface area contributed by atoms with Gasteiger partial charge in [0.05, 0.1) is 11.3 Å². The van der Waals surface area contributed by atoms with E-state index in [0.717, 1.165) is 18.5 Å². The van der Waals surface area contributed by atoms with Crippen LogP contribution in [0.2, 0.25) is 0 Å². The van der Waals surface area contributed by atoms with Gasteiger partial charge in [-0.3, -0.25) is 14.9 Å². The van der Waals surface area contributed by atoms with Gasteiger partial charge in [0.1, 0.15) is 0 Å². The van der Waals surface area contributed by atoms with E-state index in [4.69, 9.17) is 5.73 Å². The minimum atomic E-state index is -0.441. The first-order valence-corrected chi connectivity index (χ1v) is 7.22. The number of benzene rings is 1. The summed E-state index contributed by atoms with van der Waals surface area (Å²) in [5, 5.41) is 10.6. The van der Waals surface area contributed by atoms with Crippen LogP contribution in [0.3, 0.4) is 0 Å². The largest absolute Gasteiger partial charge is 0.342 e. The fraction of sp³-hybridized carbons (Fsp3) is 0.533. The second-order valence-corrected chi connectivity index (χ2v) is 5.70. The van der Waals surface area contributed by atoms with Crippen molar-refractivity contribution in [2.75, 3.05) is 19.6 Å². The molecular weight excluding hydrogens is 270 g/mol. The molecule has 0 spiro atoms. The maximum atomic E-state index is 12.3. The molecule has 0 aromatic heterocycles. The molecule has 1 heterocycles.